The zero-order chi connectivity index (χ0) is 17.9. The maximum atomic E-state index is 12.0. The molecule has 5 nitrogen and oxygen atoms in total. The first-order valence-corrected chi connectivity index (χ1v) is 8.51. The first kappa shape index (κ1) is 17.3. The van der Waals surface area contributed by atoms with Crippen molar-refractivity contribution < 1.29 is 14.3 Å². The van der Waals surface area contributed by atoms with Gasteiger partial charge in [-0.3, -0.25) is 0 Å². The maximum Gasteiger partial charge on any atom is 0.410 e. The summed E-state index contributed by atoms with van der Waals surface area (Å²) in [7, 11) is 0. The summed E-state index contributed by atoms with van der Waals surface area (Å²) >= 11 is 0. The number of benzene rings is 1. The van der Waals surface area contributed by atoms with Gasteiger partial charge in [-0.15, -0.1) is 0 Å². The van der Waals surface area contributed by atoms with Gasteiger partial charge in [-0.1, -0.05) is 36.4 Å². The molecule has 1 aromatic carbocycles. The van der Waals surface area contributed by atoms with E-state index in [9.17, 15) is 4.79 Å². The van der Waals surface area contributed by atoms with Gasteiger partial charge < -0.3 is 14.4 Å². The minimum absolute atomic E-state index is 0.250. The highest BCUT2D eigenvalue weighted by Gasteiger charge is 2.34. The number of carbonyl (C=O) groups excluding carboxylic acids is 1. The van der Waals surface area contributed by atoms with Gasteiger partial charge in [0.25, 0.3) is 0 Å². The summed E-state index contributed by atoms with van der Waals surface area (Å²) in [6.07, 6.45) is 1.58. The molecule has 0 saturated carbocycles. The summed E-state index contributed by atoms with van der Waals surface area (Å²) in [5.74, 6) is 0.916. The molecule has 0 bridgehead atoms. The number of likely N-dealkylation sites (tertiary alicyclic amines) is 1. The molecule has 0 atom stereocenters. The fourth-order valence-corrected chi connectivity index (χ4v) is 2.62. The van der Waals surface area contributed by atoms with Crippen LogP contribution in [0.1, 0.15) is 37.8 Å². The molecule has 25 heavy (non-hydrogen) atoms. The standard InChI is InChI=1S/C20H24N2O3/c1-20(2,3)25-19(23)22-12-17(13-22)16-9-10-18(21-11-16)24-14-15-7-5-4-6-8-15/h4-11,17H,12-14H2,1-3H3. The summed E-state index contributed by atoms with van der Waals surface area (Å²) in [6.45, 7) is 7.46. The molecule has 0 spiro atoms. The molecule has 3 rings (SSSR count). The van der Waals surface area contributed by atoms with Crippen LogP contribution in [0.15, 0.2) is 48.7 Å². The molecule has 0 N–H and O–H groups in total. The van der Waals surface area contributed by atoms with E-state index in [-0.39, 0.29) is 6.09 Å². The number of aromatic nitrogens is 1. The minimum atomic E-state index is -0.457. The third-order valence-corrected chi connectivity index (χ3v) is 3.99. The Labute approximate surface area is 148 Å². The summed E-state index contributed by atoms with van der Waals surface area (Å²) in [5, 5.41) is 0. The Kier molecular flexibility index (Phi) is 4.93. The number of nitrogens with zero attached hydrogens (tertiary/aromatic N) is 2. The number of amides is 1. The summed E-state index contributed by atoms with van der Waals surface area (Å²) < 4.78 is 11.1. The largest absolute Gasteiger partial charge is 0.473 e. The van der Waals surface area contributed by atoms with Crippen LogP contribution in [0.3, 0.4) is 0 Å². The van der Waals surface area contributed by atoms with E-state index in [2.05, 4.69) is 4.98 Å². The molecule has 1 saturated heterocycles. The second kappa shape index (κ2) is 7.13. The molecule has 2 heterocycles. The van der Waals surface area contributed by atoms with E-state index in [1.807, 2.05) is 69.4 Å². The smallest absolute Gasteiger partial charge is 0.410 e. The van der Waals surface area contributed by atoms with Crippen LogP contribution in [0.4, 0.5) is 4.79 Å². The molecule has 132 valence electrons. The fraction of sp³-hybridized carbons (Fsp3) is 0.400. The van der Waals surface area contributed by atoms with Crippen molar-refractivity contribution in [2.24, 2.45) is 0 Å². The van der Waals surface area contributed by atoms with Crippen molar-refractivity contribution in [2.75, 3.05) is 13.1 Å². The predicted octanol–water partition coefficient (Wildman–Crippen LogP) is 3.99. The monoisotopic (exact) mass is 340 g/mol. The van der Waals surface area contributed by atoms with Crippen LogP contribution in [-0.2, 0) is 11.3 Å². The predicted molar refractivity (Wildman–Crippen MR) is 95.6 cm³/mol. The van der Waals surface area contributed by atoms with Crippen molar-refractivity contribution in [1.29, 1.82) is 0 Å². The molecule has 1 aliphatic rings. The molecule has 1 aromatic heterocycles. The van der Waals surface area contributed by atoms with Gasteiger partial charge >= 0.3 is 6.09 Å². The Hall–Kier alpha value is -2.56. The topological polar surface area (TPSA) is 51.7 Å². The van der Waals surface area contributed by atoms with Crippen LogP contribution in [-0.4, -0.2) is 34.7 Å². The number of rotatable bonds is 4. The number of ether oxygens (including phenoxy) is 2. The average Bonchev–Trinajstić information content (AvgIpc) is 2.52. The van der Waals surface area contributed by atoms with Crippen LogP contribution < -0.4 is 4.74 Å². The molecule has 0 aliphatic carbocycles. The lowest BCUT2D eigenvalue weighted by atomic mass is 9.93. The fourth-order valence-electron chi connectivity index (χ4n) is 2.62. The van der Waals surface area contributed by atoms with Crippen molar-refractivity contribution in [3.63, 3.8) is 0 Å². The number of pyridine rings is 1. The molecule has 5 heteroatoms. The third kappa shape index (κ3) is 4.72. The highest BCUT2D eigenvalue weighted by molar-refractivity contribution is 5.69. The molecule has 0 radical (unpaired) electrons. The SMILES string of the molecule is CC(C)(C)OC(=O)N1CC(c2ccc(OCc3ccccc3)nc2)C1. The van der Waals surface area contributed by atoms with E-state index in [4.69, 9.17) is 9.47 Å². The third-order valence-electron chi connectivity index (χ3n) is 3.99. The van der Waals surface area contributed by atoms with Gasteiger partial charge in [0.15, 0.2) is 0 Å². The van der Waals surface area contributed by atoms with E-state index in [1.54, 1.807) is 4.90 Å². The Morgan fingerprint density at radius 1 is 1.16 bits per heavy atom. The lowest BCUT2D eigenvalue weighted by molar-refractivity contribution is 0.00815. The van der Waals surface area contributed by atoms with Crippen LogP contribution >= 0.6 is 0 Å². The lowest BCUT2D eigenvalue weighted by Gasteiger charge is -2.39. The highest BCUT2D eigenvalue weighted by Crippen LogP contribution is 2.28. The lowest BCUT2D eigenvalue weighted by Crippen LogP contribution is -2.50. The second-order valence-electron chi connectivity index (χ2n) is 7.29. The zero-order valence-corrected chi connectivity index (χ0v) is 14.9. The van der Waals surface area contributed by atoms with Gasteiger partial charge in [-0.2, -0.15) is 0 Å². The van der Waals surface area contributed by atoms with Crippen molar-refractivity contribution in [2.45, 2.75) is 38.9 Å². The van der Waals surface area contributed by atoms with E-state index in [0.717, 1.165) is 11.1 Å². The van der Waals surface area contributed by atoms with E-state index >= 15 is 0 Å². The molecule has 0 unspecified atom stereocenters. The summed E-state index contributed by atoms with van der Waals surface area (Å²) in [4.78, 5) is 18.0. The Morgan fingerprint density at radius 3 is 2.48 bits per heavy atom. The number of carbonyl (C=O) groups is 1. The molecular formula is C20H24N2O3. The summed E-state index contributed by atoms with van der Waals surface area (Å²) in [5.41, 5.74) is 1.77. The molecule has 1 amide bonds. The van der Waals surface area contributed by atoms with Gasteiger partial charge in [-0.25, -0.2) is 9.78 Å². The van der Waals surface area contributed by atoms with Gasteiger partial charge in [-0.05, 0) is 31.9 Å². The van der Waals surface area contributed by atoms with E-state index in [1.165, 1.54) is 0 Å². The first-order chi connectivity index (χ1) is 11.9. The Balaban J connectivity index is 1.48. The molecule has 2 aromatic rings. The zero-order valence-electron chi connectivity index (χ0n) is 14.9. The van der Waals surface area contributed by atoms with Crippen molar-refractivity contribution in [3.8, 4) is 5.88 Å². The maximum absolute atomic E-state index is 12.0. The van der Waals surface area contributed by atoms with E-state index < -0.39 is 5.60 Å². The molecule has 1 aliphatic heterocycles. The van der Waals surface area contributed by atoms with Gasteiger partial charge in [0.05, 0.1) is 0 Å². The average molecular weight is 340 g/mol. The first-order valence-electron chi connectivity index (χ1n) is 8.51. The van der Waals surface area contributed by atoms with Gasteiger partial charge in [0, 0.05) is 31.3 Å². The normalized spacial score (nSPS) is 14.8. The molecular weight excluding hydrogens is 316 g/mol. The van der Waals surface area contributed by atoms with Crippen LogP contribution in [0.25, 0.3) is 0 Å². The Morgan fingerprint density at radius 2 is 1.88 bits per heavy atom. The minimum Gasteiger partial charge on any atom is -0.473 e. The van der Waals surface area contributed by atoms with Crippen molar-refractivity contribution >= 4 is 6.09 Å². The number of hydrogen-bond acceptors (Lipinski definition) is 4. The number of hydrogen-bond donors (Lipinski definition) is 0. The Bertz CT molecular complexity index is 702. The van der Waals surface area contributed by atoms with Crippen LogP contribution in [0, 0.1) is 0 Å². The van der Waals surface area contributed by atoms with Crippen LogP contribution in [0.2, 0.25) is 0 Å². The van der Waals surface area contributed by atoms with E-state index in [0.29, 0.717) is 31.5 Å². The highest BCUT2D eigenvalue weighted by atomic mass is 16.6. The van der Waals surface area contributed by atoms with Gasteiger partial charge in [0.2, 0.25) is 5.88 Å². The quantitative estimate of drug-likeness (QED) is 0.844. The van der Waals surface area contributed by atoms with Crippen molar-refractivity contribution in [1.82, 2.24) is 9.88 Å². The summed E-state index contributed by atoms with van der Waals surface area (Å²) in [6, 6.07) is 13.9. The van der Waals surface area contributed by atoms with Gasteiger partial charge in [0.1, 0.15) is 12.2 Å². The van der Waals surface area contributed by atoms with Crippen molar-refractivity contribution in [3.05, 3.63) is 59.8 Å². The second-order valence-corrected chi connectivity index (χ2v) is 7.29. The van der Waals surface area contributed by atoms with Crippen LogP contribution in [0.5, 0.6) is 5.88 Å². The molecule has 1 fully saturated rings.